The van der Waals surface area contributed by atoms with Crippen LogP contribution in [0.1, 0.15) is 11.3 Å². The summed E-state index contributed by atoms with van der Waals surface area (Å²) < 4.78 is 34.3. The fourth-order valence-corrected chi connectivity index (χ4v) is 4.02. The molecule has 0 unspecified atom stereocenters. The second-order valence-corrected chi connectivity index (χ2v) is 8.56. The Balaban J connectivity index is 1.59. The van der Waals surface area contributed by atoms with Gasteiger partial charge in [0.2, 0.25) is 5.88 Å². The summed E-state index contributed by atoms with van der Waals surface area (Å²) >= 11 is 0. The molecule has 29 heavy (non-hydrogen) atoms. The molecule has 2 heterocycles. The molecule has 0 N–H and O–H groups in total. The Hall–Kier alpha value is -3.46. The van der Waals surface area contributed by atoms with Crippen LogP contribution in [0.3, 0.4) is 0 Å². The van der Waals surface area contributed by atoms with Gasteiger partial charge >= 0.3 is 0 Å². The van der Waals surface area contributed by atoms with E-state index in [9.17, 15) is 8.42 Å². The highest BCUT2D eigenvalue weighted by Gasteiger charge is 2.21. The summed E-state index contributed by atoms with van der Waals surface area (Å²) in [6, 6.07) is 15.3. The van der Waals surface area contributed by atoms with E-state index in [0.717, 1.165) is 11.3 Å². The maximum Gasteiger partial charge on any atom is 0.264 e. The normalized spacial score (nSPS) is 11.6. The standard InChI is InChI=1S/C20H19N5O3S/c1-14-4-10-18(11-5-14)29(26,27)24(3)16-6-8-17(9-7-16)28-19-12-15(2)23-20-21-13-22-25(19)20/h4-13H,1-3H3. The first kappa shape index (κ1) is 18.9. The van der Waals surface area contributed by atoms with Gasteiger partial charge in [0.05, 0.1) is 10.6 Å². The van der Waals surface area contributed by atoms with Crippen molar-refractivity contribution in [3.63, 3.8) is 0 Å². The number of hydrogen-bond donors (Lipinski definition) is 0. The van der Waals surface area contributed by atoms with Gasteiger partial charge in [-0.1, -0.05) is 17.7 Å². The molecule has 0 spiro atoms. The van der Waals surface area contributed by atoms with Crippen molar-refractivity contribution in [2.45, 2.75) is 18.7 Å². The predicted molar refractivity (Wildman–Crippen MR) is 109 cm³/mol. The molecule has 9 heteroatoms. The van der Waals surface area contributed by atoms with Crippen molar-refractivity contribution in [2.75, 3.05) is 11.4 Å². The minimum Gasteiger partial charge on any atom is -0.439 e. The molecule has 2 aromatic heterocycles. The largest absolute Gasteiger partial charge is 0.439 e. The first-order valence-corrected chi connectivity index (χ1v) is 10.3. The van der Waals surface area contributed by atoms with E-state index in [1.54, 1.807) is 54.6 Å². The second kappa shape index (κ2) is 7.17. The molecule has 0 fully saturated rings. The Morgan fingerprint density at radius 2 is 1.69 bits per heavy atom. The van der Waals surface area contributed by atoms with Crippen LogP contribution in [0.25, 0.3) is 5.78 Å². The van der Waals surface area contributed by atoms with Crippen molar-refractivity contribution in [3.8, 4) is 11.6 Å². The van der Waals surface area contributed by atoms with Crippen molar-refractivity contribution in [1.82, 2.24) is 19.6 Å². The topological polar surface area (TPSA) is 89.7 Å². The smallest absolute Gasteiger partial charge is 0.264 e. The maximum atomic E-state index is 12.8. The molecule has 0 bridgehead atoms. The highest BCUT2D eigenvalue weighted by molar-refractivity contribution is 7.92. The molecule has 0 radical (unpaired) electrons. The van der Waals surface area contributed by atoms with Gasteiger partial charge in [-0.2, -0.15) is 14.6 Å². The van der Waals surface area contributed by atoms with Crippen LogP contribution in [0.5, 0.6) is 11.6 Å². The summed E-state index contributed by atoms with van der Waals surface area (Å²) in [5.74, 6) is 1.45. The van der Waals surface area contributed by atoms with E-state index >= 15 is 0 Å². The van der Waals surface area contributed by atoms with Crippen LogP contribution in [-0.2, 0) is 10.0 Å². The zero-order valence-corrected chi connectivity index (χ0v) is 17.0. The minimum absolute atomic E-state index is 0.242. The SMILES string of the molecule is Cc1ccc(S(=O)(=O)N(C)c2ccc(Oc3cc(C)nc4ncnn34)cc2)cc1. The lowest BCUT2D eigenvalue weighted by Crippen LogP contribution is -2.26. The molecule has 0 saturated heterocycles. The third-order valence-electron chi connectivity index (χ3n) is 4.45. The molecule has 4 aromatic rings. The third kappa shape index (κ3) is 3.64. The van der Waals surface area contributed by atoms with Crippen molar-refractivity contribution < 1.29 is 13.2 Å². The number of sulfonamides is 1. The Bertz CT molecular complexity index is 1270. The van der Waals surface area contributed by atoms with E-state index in [2.05, 4.69) is 15.1 Å². The van der Waals surface area contributed by atoms with Crippen LogP contribution < -0.4 is 9.04 Å². The number of fused-ring (bicyclic) bond motifs is 1. The molecular weight excluding hydrogens is 390 g/mol. The summed E-state index contributed by atoms with van der Waals surface area (Å²) in [6.45, 7) is 3.76. The second-order valence-electron chi connectivity index (χ2n) is 6.59. The van der Waals surface area contributed by atoms with E-state index in [4.69, 9.17) is 4.74 Å². The Labute approximate surface area is 168 Å². The van der Waals surface area contributed by atoms with E-state index in [1.165, 1.54) is 22.2 Å². The Morgan fingerprint density at radius 3 is 2.38 bits per heavy atom. The molecule has 0 aliphatic carbocycles. The fraction of sp³-hybridized carbons (Fsp3) is 0.150. The number of rotatable bonds is 5. The summed E-state index contributed by atoms with van der Waals surface area (Å²) in [4.78, 5) is 8.58. The minimum atomic E-state index is -3.65. The van der Waals surface area contributed by atoms with Crippen LogP contribution >= 0.6 is 0 Å². The zero-order chi connectivity index (χ0) is 20.6. The quantitative estimate of drug-likeness (QED) is 0.502. The first-order valence-electron chi connectivity index (χ1n) is 8.85. The molecule has 148 valence electrons. The van der Waals surface area contributed by atoms with Crippen molar-refractivity contribution in [2.24, 2.45) is 0 Å². The molecule has 2 aromatic carbocycles. The molecule has 0 saturated carbocycles. The number of anilines is 1. The summed E-state index contributed by atoms with van der Waals surface area (Å²) in [5.41, 5.74) is 2.27. The Kier molecular flexibility index (Phi) is 4.67. The lowest BCUT2D eigenvalue weighted by atomic mass is 10.2. The third-order valence-corrected chi connectivity index (χ3v) is 6.25. The van der Waals surface area contributed by atoms with Crippen LogP contribution in [0, 0.1) is 13.8 Å². The molecule has 0 aliphatic heterocycles. The molecule has 0 aliphatic rings. The number of hydrogen-bond acceptors (Lipinski definition) is 6. The van der Waals surface area contributed by atoms with Crippen LogP contribution in [-0.4, -0.2) is 35.0 Å². The predicted octanol–water partition coefficient (Wildman–Crippen LogP) is 3.36. The molecule has 8 nitrogen and oxygen atoms in total. The maximum absolute atomic E-state index is 12.8. The Morgan fingerprint density at radius 1 is 1.00 bits per heavy atom. The lowest BCUT2D eigenvalue weighted by Gasteiger charge is -2.20. The lowest BCUT2D eigenvalue weighted by molar-refractivity contribution is 0.445. The van der Waals surface area contributed by atoms with Crippen molar-refractivity contribution >= 4 is 21.5 Å². The van der Waals surface area contributed by atoms with Crippen LogP contribution in [0.15, 0.2) is 65.8 Å². The molecule has 0 amide bonds. The van der Waals surface area contributed by atoms with E-state index in [-0.39, 0.29) is 4.90 Å². The van der Waals surface area contributed by atoms with E-state index < -0.39 is 10.0 Å². The van der Waals surface area contributed by atoms with Gasteiger partial charge in [0.25, 0.3) is 15.8 Å². The first-order chi connectivity index (χ1) is 13.8. The summed E-state index contributed by atoms with van der Waals surface area (Å²) in [5, 5.41) is 4.10. The van der Waals surface area contributed by atoms with Gasteiger partial charge in [0.15, 0.2) is 0 Å². The molecule has 4 rings (SSSR count). The average Bonchev–Trinajstić information content (AvgIpc) is 3.17. The van der Waals surface area contributed by atoms with Gasteiger partial charge in [-0.05, 0) is 50.2 Å². The number of nitrogens with zero attached hydrogens (tertiary/aromatic N) is 5. The summed E-state index contributed by atoms with van der Waals surface area (Å²) in [6.07, 6.45) is 1.41. The highest BCUT2D eigenvalue weighted by atomic mass is 32.2. The average molecular weight is 409 g/mol. The monoisotopic (exact) mass is 409 g/mol. The molecule has 0 atom stereocenters. The summed E-state index contributed by atoms with van der Waals surface area (Å²) in [7, 11) is -2.12. The van der Waals surface area contributed by atoms with Crippen molar-refractivity contribution in [1.29, 1.82) is 0 Å². The fourth-order valence-electron chi connectivity index (χ4n) is 2.82. The zero-order valence-electron chi connectivity index (χ0n) is 16.1. The van der Waals surface area contributed by atoms with Crippen LogP contribution in [0.4, 0.5) is 5.69 Å². The number of aromatic nitrogens is 4. The van der Waals surface area contributed by atoms with Crippen molar-refractivity contribution in [3.05, 3.63) is 72.2 Å². The van der Waals surface area contributed by atoms with Gasteiger partial charge in [0.1, 0.15) is 12.1 Å². The van der Waals surface area contributed by atoms with Gasteiger partial charge in [-0.3, -0.25) is 4.31 Å². The number of benzene rings is 2. The van der Waals surface area contributed by atoms with E-state index in [1.807, 2.05) is 13.8 Å². The molecular formula is C20H19N5O3S. The van der Waals surface area contributed by atoms with Gasteiger partial charge < -0.3 is 4.74 Å². The number of aryl methyl sites for hydroxylation is 2. The van der Waals surface area contributed by atoms with E-state index in [0.29, 0.717) is 23.1 Å². The van der Waals surface area contributed by atoms with Crippen LogP contribution in [0.2, 0.25) is 0 Å². The number of ether oxygens (including phenoxy) is 1. The van der Waals surface area contributed by atoms with Gasteiger partial charge in [0, 0.05) is 18.8 Å². The van der Waals surface area contributed by atoms with Gasteiger partial charge in [-0.15, -0.1) is 0 Å². The van der Waals surface area contributed by atoms with Gasteiger partial charge in [-0.25, -0.2) is 13.4 Å². The highest BCUT2D eigenvalue weighted by Crippen LogP contribution is 2.27.